The van der Waals surface area contributed by atoms with Gasteiger partial charge < -0.3 is 9.73 Å². The molecule has 0 spiro atoms. The average molecular weight is 444 g/mol. The first-order chi connectivity index (χ1) is 15.3. The molecule has 0 bridgehead atoms. The lowest BCUT2D eigenvalue weighted by Gasteiger charge is -2.20. The van der Waals surface area contributed by atoms with Gasteiger partial charge in [0.2, 0.25) is 0 Å². The monoisotopic (exact) mass is 443 g/mol. The van der Waals surface area contributed by atoms with Crippen LogP contribution in [-0.4, -0.2) is 5.91 Å². The lowest BCUT2D eigenvalue weighted by atomic mass is 9.87. The molecule has 4 rings (SSSR count). The van der Waals surface area contributed by atoms with E-state index in [0.717, 1.165) is 16.7 Å². The van der Waals surface area contributed by atoms with E-state index in [4.69, 9.17) is 4.42 Å². The van der Waals surface area contributed by atoms with E-state index >= 15 is 0 Å². The van der Waals surface area contributed by atoms with Crippen molar-refractivity contribution in [3.05, 3.63) is 101 Å². The third kappa shape index (κ3) is 5.08. The Balaban J connectivity index is 1.39. The molecule has 164 valence electrons. The molecule has 0 aliphatic carbocycles. The van der Waals surface area contributed by atoms with Crippen LogP contribution in [0, 0.1) is 6.92 Å². The molecule has 32 heavy (non-hydrogen) atoms. The summed E-state index contributed by atoms with van der Waals surface area (Å²) in [4.78, 5) is 13.9. The van der Waals surface area contributed by atoms with Gasteiger partial charge in [-0.25, -0.2) is 0 Å². The van der Waals surface area contributed by atoms with Gasteiger partial charge in [0.05, 0.1) is 5.75 Å². The molecule has 1 aromatic heterocycles. The smallest absolute Gasteiger partial charge is 0.287 e. The van der Waals surface area contributed by atoms with Gasteiger partial charge in [0.15, 0.2) is 5.76 Å². The minimum Gasteiger partial charge on any atom is -0.455 e. The van der Waals surface area contributed by atoms with Crippen LogP contribution in [-0.2, 0) is 17.7 Å². The standard InChI is InChI=1S/C28H29NO2S/c1-19-12-13-22(28(2,3)4)16-26(19)32-18-23-14-15-25(31-23)27(30)29-17-21-10-7-9-20-8-5-6-11-24(20)21/h5-16H,17-18H2,1-4H3,(H,29,30). The van der Waals surface area contributed by atoms with Crippen molar-refractivity contribution < 1.29 is 9.21 Å². The Morgan fingerprint density at radius 1 is 0.969 bits per heavy atom. The molecule has 1 heterocycles. The molecule has 0 fully saturated rings. The molecular formula is C28H29NO2S. The van der Waals surface area contributed by atoms with Crippen LogP contribution in [0.2, 0.25) is 0 Å². The van der Waals surface area contributed by atoms with Crippen LogP contribution >= 0.6 is 11.8 Å². The fourth-order valence-electron chi connectivity index (χ4n) is 3.66. The molecule has 0 atom stereocenters. The number of furan rings is 1. The molecule has 4 heteroatoms. The molecule has 0 aliphatic heterocycles. The number of benzene rings is 3. The van der Waals surface area contributed by atoms with Crippen LogP contribution < -0.4 is 5.32 Å². The van der Waals surface area contributed by atoms with Crippen LogP contribution in [0.4, 0.5) is 0 Å². The number of carbonyl (C=O) groups is 1. The summed E-state index contributed by atoms with van der Waals surface area (Å²) in [6.45, 7) is 9.26. The maximum Gasteiger partial charge on any atom is 0.287 e. The van der Waals surface area contributed by atoms with E-state index in [9.17, 15) is 4.79 Å². The highest BCUT2D eigenvalue weighted by Crippen LogP contribution is 2.31. The van der Waals surface area contributed by atoms with Crippen LogP contribution in [0.5, 0.6) is 0 Å². The predicted octanol–water partition coefficient (Wildman–Crippen LogP) is 7.26. The molecule has 0 saturated heterocycles. The molecule has 3 aromatic carbocycles. The number of hydrogen-bond acceptors (Lipinski definition) is 3. The summed E-state index contributed by atoms with van der Waals surface area (Å²) in [6, 6.07) is 24.6. The van der Waals surface area contributed by atoms with Gasteiger partial charge in [-0.1, -0.05) is 75.4 Å². The molecule has 4 aromatic rings. The van der Waals surface area contributed by atoms with Gasteiger partial charge in [-0.15, -0.1) is 11.8 Å². The molecule has 0 aliphatic rings. The average Bonchev–Trinajstić information content (AvgIpc) is 3.25. The normalized spacial score (nSPS) is 11.6. The van der Waals surface area contributed by atoms with Gasteiger partial charge in [0.25, 0.3) is 5.91 Å². The zero-order chi connectivity index (χ0) is 22.7. The van der Waals surface area contributed by atoms with Crippen molar-refractivity contribution >= 4 is 28.4 Å². The Labute approximate surface area is 194 Å². The zero-order valence-electron chi connectivity index (χ0n) is 19.1. The van der Waals surface area contributed by atoms with E-state index in [1.165, 1.54) is 21.4 Å². The minimum absolute atomic E-state index is 0.114. The second-order valence-corrected chi connectivity index (χ2v) is 10.1. The predicted molar refractivity (Wildman–Crippen MR) is 133 cm³/mol. The summed E-state index contributed by atoms with van der Waals surface area (Å²) in [5.74, 6) is 1.64. The third-order valence-corrected chi connectivity index (χ3v) is 6.81. The zero-order valence-corrected chi connectivity index (χ0v) is 19.9. The van der Waals surface area contributed by atoms with Crippen molar-refractivity contribution in [2.75, 3.05) is 0 Å². The van der Waals surface area contributed by atoms with E-state index < -0.39 is 0 Å². The number of aryl methyl sites for hydroxylation is 1. The second kappa shape index (κ2) is 9.25. The third-order valence-electron chi connectivity index (χ3n) is 5.63. The summed E-state index contributed by atoms with van der Waals surface area (Å²) in [5.41, 5.74) is 3.78. The fraction of sp³-hybridized carbons (Fsp3) is 0.250. The van der Waals surface area contributed by atoms with E-state index in [1.54, 1.807) is 17.8 Å². The van der Waals surface area contributed by atoms with Gasteiger partial charge in [-0.3, -0.25) is 4.79 Å². The molecule has 0 radical (unpaired) electrons. The molecule has 0 unspecified atom stereocenters. The highest BCUT2D eigenvalue weighted by Gasteiger charge is 2.16. The summed E-state index contributed by atoms with van der Waals surface area (Å²) < 4.78 is 5.85. The minimum atomic E-state index is -0.194. The number of hydrogen-bond donors (Lipinski definition) is 1. The van der Waals surface area contributed by atoms with Gasteiger partial charge in [0.1, 0.15) is 5.76 Å². The van der Waals surface area contributed by atoms with Crippen molar-refractivity contribution in [2.24, 2.45) is 0 Å². The Kier molecular flexibility index (Phi) is 6.43. The summed E-state index contributed by atoms with van der Waals surface area (Å²) in [7, 11) is 0. The highest BCUT2D eigenvalue weighted by atomic mass is 32.2. The van der Waals surface area contributed by atoms with Crippen molar-refractivity contribution in [3.63, 3.8) is 0 Å². The number of carbonyl (C=O) groups excluding carboxylic acids is 1. The number of amides is 1. The first-order valence-electron chi connectivity index (χ1n) is 10.9. The van der Waals surface area contributed by atoms with Crippen molar-refractivity contribution in [1.82, 2.24) is 5.32 Å². The lowest BCUT2D eigenvalue weighted by Crippen LogP contribution is -2.22. The highest BCUT2D eigenvalue weighted by molar-refractivity contribution is 7.98. The van der Waals surface area contributed by atoms with Gasteiger partial charge >= 0.3 is 0 Å². The largest absolute Gasteiger partial charge is 0.455 e. The van der Waals surface area contributed by atoms with Crippen molar-refractivity contribution in [3.8, 4) is 0 Å². The molecule has 1 amide bonds. The van der Waals surface area contributed by atoms with Crippen molar-refractivity contribution in [1.29, 1.82) is 0 Å². The lowest BCUT2D eigenvalue weighted by molar-refractivity contribution is 0.0922. The second-order valence-electron chi connectivity index (χ2n) is 9.11. The van der Waals surface area contributed by atoms with E-state index in [2.05, 4.69) is 69.4 Å². The van der Waals surface area contributed by atoms with E-state index in [1.807, 2.05) is 30.3 Å². The maximum absolute atomic E-state index is 12.6. The SMILES string of the molecule is Cc1ccc(C(C)(C)C)cc1SCc1ccc(C(=O)NCc2cccc3ccccc23)o1. The number of nitrogens with one attached hydrogen (secondary N) is 1. The Morgan fingerprint density at radius 2 is 1.75 bits per heavy atom. The molecule has 1 N–H and O–H groups in total. The quantitative estimate of drug-likeness (QED) is 0.319. The summed E-state index contributed by atoms with van der Waals surface area (Å²) >= 11 is 1.74. The van der Waals surface area contributed by atoms with Gasteiger partial charge in [-0.05, 0) is 58.0 Å². The topological polar surface area (TPSA) is 42.2 Å². The Morgan fingerprint density at radius 3 is 2.56 bits per heavy atom. The van der Waals surface area contributed by atoms with Crippen LogP contribution in [0.3, 0.4) is 0 Å². The maximum atomic E-state index is 12.6. The summed E-state index contributed by atoms with van der Waals surface area (Å²) in [6.07, 6.45) is 0. The van der Waals surface area contributed by atoms with Gasteiger partial charge in [0, 0.05) is 11.4 Å². The number of fused-ring (bicyclic) bond motifs is 1. The Bertz CT molecular complexity index is 1240. The van der Waals surface area contributed by atoms with Crippen LogP contribution in [0.1, 0.15) is 53.8 Å². The first-order valence-corrected chi connectivity index (χ1v) is 11.9. The molecule has 0 saturated carbocycles. The number of thioether (sulfide) groups is 1. The van der Waals surface area contributed by atoms with Crippen LogP contribution in [0.15, 0.2) is 82.1 Å². The van der Waals surface area contributed by atoms with E-state index in [0.29, 0.717) is 18.1 Å². The molecule has 3 nitrogen and oxygen atoms in total. The fourth-order valence-corrected chi connectivity index (χ4v) is 4.62. The molecular weight excluding hydrogens is 414 g/mol. The number of rotatable bonds is 6. The summed E-state index contributed by atoms with van der Waals surface area (Å²) in [5, 5.41) is 5.31. The van der Waals surface area contributed by atoms with E-state index in [-0.39, 0.29) is 11.3 Å². The Hall–Kier alpha value is -2.98. The van der Waals surface area contributed by atoms with Crippen molar-refractivity contribution in [2.45, 2.75) is 50.3 Å². The first kappa shape index (κ1) is 22.2. The van der Waals surface area contributed by atoms with Gasteiger partial charge in [-0.2, -0.15) is 0 Å². The van der Waals surface area contributed by atoms with Crippen LogP contribution in [0.25, 0.3) is 10.8 Å².